The third kappa shape index (κ3) is 4.35. The van der Waals surface area contributed by atoms with E-state index in [-0.39, 0.29) is 0 Å². The molecule has 0 fully saturated rings. The zero-order valence-electron chi connectivity index (χ0n) is 11.5. The molecule has 108 valence electrons. The highest BCUT2D eigenvalue weighted by Gasteiger charge is 2.05. The van der Waals surface area contributed by atoms with Crippen molar-refractivity contribution in [3.8, 4) is 11.5 Å². The molecule has 5 nitrogen and oxygen atoms in total. The second-order valence-corrected chi connectivity index (χ2v) is 4.19. The number of hydrogen-bond donors (Lipinski definition) is 1. The van der Waals surface area contributed by atoms with Crippen LogP contribution in [-0.2, 0) is 11.4 Å². The number of rotatable bonds is 6. The van der Waals surface area contributed by atoms with Gasteiger partial charge in [0, 0.05) is 17.8 Å². The van der Waals surface area contributed by atoms with Crippen molar-refractivity contribution < 1.29 is 19.4 Å². The van der Waals surface area contributed by atoms with E-state index >= 15 is 0 Å². The molecule has 5 heteroatoms. The third-order valence-electron chi connectivity index (χ3n) is 2.72. The second-order valence-electron chi connectivity index (χ2n) is 4.19. The number of nitrogens with zero attached hydrogens (tertiary/aromatic N) is 1. The number of benzene rings is 1. The summed E-state index contributed by atoms with van der Waals surface area (Å²) in [5, 5.41) is 8.73. The fourth-order valence-electron chi connectivity index (χ4n) is 1.71. The van der Waals surface area contributed by atoms with Crippen molar-refractivity contribution in [3.05, 3.63) is 59.9 Å². The van der Waals surface area contributed by atoms with Gasteiger partial charge in [0.05, 0.1) is 12.8 Å². The van der Waals surface area contributed by atoms with Crippen LogP contribution in [0.2, 0.25) is 0 Å². The van der Waals surface area contributed by atoms with Gasteiger partial charge in [0.15, 0.2) is 0 Å². The minimum absolute atomic E-state index is 0.307. The molecule has 1 aromatic carbocycles. The van der Waals surface area contributed by atoms with E-state index in [0.29, 0.717) is 23.7 Å². The lowest BCUT2D eigenvalue weighted by molar-refractivity contribution is -0.131. The predicted octanol–water partition coefficient (Wildman–Crippen LogP) is 2.77. The number of carboxylic acids is 1. The molecular formula is C16H15NO4. The number of carbonyl (C=O) groups is 1. The molecule has 0 spiro atoms. The Labute approximate surface area is 122 Å². The maximum Gasteiger partial charge on any atom is 0.328 e. The SMILES string of the molecule is COc1ccc(OCc2ccccn2)c(C=CC(=O)O)c1. The molecule has 0 amide bonds. The van der Waals surface area contributed by atoms with Crippen molar-refractivity contribution in [2.24, 2.45) is 0 Å². The van der Waals surface area contributed by atoms with Gasteiger partial charge in [-0.1, -0.05) is 6.07 Å². The van der Waals surface area contributed by atoms with Crippen LogP contribution in [0, 0.1) is 0 Å². The van der Waals surface area contributed by atoms with Crippen molar-refractivity contribution >= 4 is 12.0 Å². The van der Waals surface area contributed by atoms with Gasteiger partial charge >= 0.3 is 5.97 Å². The molecule has 0 bridgehead atoms. The Bertz CT molecular complexity index is 638. The lowest BCUT2D eigenvalue weighted by Crippen LogP contribution is -1.99. The Morgan fingerprint density at radius 2 is 2.19 bits per heavy atom. The quantitative estimate of drug-likeness (QED) is 0.826. The number of carboxylic acid groups (broad SMARTS) is 1. The summed E-state index contributed by atoms with van der Waals surface area (Å²) in [7, 11) is 1.55. The van der Waals surface area contributed by atoms with Crippen LogP contribution in [-0.4, -0.2) is 23.2 Å². The molecule has 0 unspecified atom stereocenters. The van der Waals surface area contributed by atoms with E-state index in [1.807, 2.05) is 18.2 Å². The summed E-state index contributed by atoms with van der Waals surface area (Å²) in [6.45, 7) is 0.307. The fourth-order valence-corrected chi connectivity index (χ4v) is 1.71. The summed E-state index contributed by atoms with van der Waals surface area (Å²) in [5.41, 5.74) is 1.43. The van der Waals surface area contributed by atoms with Gasteiger partial charge in [-0.3, -0.25) is 4.98 Å². The second kappa shape index (κ2) is 7.09. The van der Waals surface area contributed by atoms with Crippen molar-refractivity contribution in [3.63, 3.8) is 0 Å². The summed E-state index contributed by atoms with van der Waals surface area (Å²) in [4.78, 5) is 14.8. The smallest absolute Gasteiger partial charge is 0.328 e. The van der Waals surface area contributed by atoms with Crippen LogP contribution in [0.1, 0.15) is 11.3 Å². The van der Waals surface area contributed by atoms with E-state index in [1.54, 1.807) is 31.5 Å². The van der Waals surface area contributed by atoms with Gasteiger partial charge in [-0.2, -0.15) is 0 Å². The van der Waals surface area contributed by atoms with E-state index in [4.69, 9.17) is 14.6 Å². The molecule has 1 heterocycles. The van der Waals surface area contributed by atoms with Gasteiger partial charge in [0.1, 0.15) is 18.1 Å². The predicted molar refractivity (Wildman–Crippen MR) is 78.2 cm³/mol. The lowest BCUT2D eigenvalue weighted by atomic mass is 10.1. The average molecular weight is 285 g/mol. The zero-order chi connectivity index (χ0) is 15.1. The molecule has 0 atom stereocenters. The van der Waals surface area contributed by atoms with Crippen molar-refractivity contribution in [2.45, 2.75) is 6.61 Å². The normalized spacial score (nSPS) is 10.5. The molecule has 0 radical (unpaired) electrons. The Hall–Kier alpha value is -2.82. The van der Waals surface area contributed by atoms with E-state index in [2.05, 4.69) is 4.98 Å². The van der Waals surface area contributed by atoms with Crippen molar-refractivity contribution in [2.75, 3.05) is 7.11 Å². The Balaban J connectivity index is 2.19. The minimum Gasteiger partial charge on any atom is -0.497 e. The van der Waals surface area contributed by atoms with Gasteiger partial charge in [0.2, 0.25) is 0 Å². The van der Waals surface area contributed by atoms with Crippen LogP contribution in [0.15, 0.2) is 48.7 Å². The van der Waals surface area contributed by atoms with E-state index in [0.717, 1.165) is 11.8 Å². The molecule has 0 saturated heterocycles. The highest BCUT2D eigenvalue weighted by atomic mass is 16.5. The molecule has 0 aliphatic rings. The number of methoxy groups -OCH3 is 1. The van der Waals surface area contributed by atoms with Crippen LogP contribution in [0.4, 0.5) is 0 Å². The first-order valence-electron chi connectivity index (χ1n) is 6.31. The van der Waals surface area contributed by atoms with Gasteiger partial charge in [-0.15, -0.1) is 0 Å². The zero-order valence-corrected chi connectivity index (χ0v) is 11.5. The minimum atomic E-state index is -1.02. The summed E-state index contributed by atoms with van der Waals surface area (Å²) < 4.78 is 10.8. The highest BCUT2D eigenvalue weighted by Crippen LogP contribution is 2.26. The maximum atomic E-state index is 10.6. The molecular weight excluding hydrogens is 270 g/mol. The largest absolute Gasteiger partial charge is 0.497 e. The molecule has 2 rings (SSSR count). The average Bonchev–Trinajstić information content (AvgIpc) is 2.52. The van der Waals surface area contributed by atoms with E-state index in [1.165, 1.54) is 6.08 Å². The molecule has 2 aromatic rings. The topological polar surface area (TPSA) is 68.7 Å². The fraction of sp³-hybridized carbons (Fsp3) is 0.125. The molecule has 0 aliphatic carbocycles. The summed E-state index contributed by atoms with van der Waals surface area (Å²) in [5.74, 6) is 0.178. The van der Waals surface area contributed by atoms with Crippen molar-refractivity contribution in [1.82, 2.24) is 4.98 Å². The first-order chi connectivity index (χ1) is 10.2. The number of hydrogen-bond acceptors (Lipinski definition) is 4. The Kier molecular flexibility index (Phi) is 4.93. The molecule has 1 N–H and O–H groups in total. The molecule has 1 aromatic heterocycles. The lowest BCUT2D eigenvalue weighted by Gasteiger charge is -2.10. The summed E-state index contributed by atoms with van der Waals surface area (Å²) in [6, 6.07) is 10.8. The van der Waals surface area contributed by atoms with Gasteiger partial charge in [-0.25, -0.2) is 4.79 Å². The molecule has 0 aliphatic heterocycles. The highest BCUT2D eigenvalue weighted by molar-refractivity contribution is 5.86. The van der Waals surface area contributed by atoms with Crippen LogP contribution in [0.5, 0.6) is 11.5 Å². The number of pyridine rings is 1. The van der Waals surface area contributed by atoms with Gasteiger partial charge < -0.3 is 14.6 Å². The molecule has 21 heavy (non-hydrogen) atoms. The monoisotopic (exact) mass is 285 g/mol. The molecule has 0 saturated carbocycles. The Morgan fingerprint density at radius 3 is 2.86 bits per heavy atom. The van der Waals surface area contributed by atoms with Crippen LogP contribution >= 0.6 is 0 Å². The van der Waals surface area contributed by atoms with Crippen LogP contribution in [0.25, 0.3) is 6.08 Å². The number of aliphatic carboxylic acids is 1. The summed E-state index contributed by atoms with van der Waals surface area (Å²) >= 11 is 0. The standard InChI is InChI=1S/C16H15NO4/c1-20-14-6-7-15(12(10-14)5-8-16(18)19)21-11-13-4-2-3-9-17-13/h2-10H,11H2,1H3,(H,18,19). The third-order valence-corrected chi connectivity index (χ3v) is 2.72. The maximum absolute atomic E-state index is 10.6. The van der Waals surface area contributed by atoms with Crippen molar-refractivity contribution in [1.29, 1.82) is 0 Å². The van der Waals surface area contributed by atoms with Crippen LogP contribution < -0.4 is 9.47 Å². The number of ether oxygens (including phenoxy) is 2. The first kappa shape index (κ1) is 14.6. The van der Waals surface area contributed by atoms with E-state index < -0.39 is 5.97 Å². The Morgan fingerprint density at radius 1 is 1.33 bits per heavy atom. The number of aromatic nitrogens is 1. The van der Waals surface area contributed by atoms with E-state index in [9.17, 15) is 4.79 Å². The first-order valence-corrected chi connectivity index (χ1v) is 6.31. The summed E-state index contributed by atoms with van der Waals surface area (Å²) in [6.07, 6.45) is 4.22. The van der Waals surface area contributed by atoms with Gasteiger partial charge in [0.25, 0.3) is 0 Å². The van der Waals surface area contributed by atoms with Crippen LogP contribution in [0.3, 0.4) is 0 Å². The van der Waals surface area contributed by atoms with Gasteiger partial charge in [-0.05, 0) is 36.4 Å².